The topological polar surface area (TPSA) is 162 Å². The van der Waals surface area contributed by atoms with Gasteiger partial charge in [-0.1, -0.05) is 0 Å². The van der Waals surface area contributed by atoms with E-state index in [1.54, 1.807) is 28.9 Å². The lowest BCUT2D eigenvalue weighted by atomic mass is 10.1. The van der Waals surface area contributed by atoms with Crippen molar-refractivity contribution in [1.82, 2.24) is 5.32 Å². The summed E-state index contributed by atoms with van der Waals surface area (Å²) in [5.41, 5.74) is 0.245. The predicted octanol–water partition coefficient (Wildman–Crippen LogP) is 0.469. The van der Waals surface area contributed by atoms with E-state index in [1.807, 2.05) is 45.2 Å². The average Bonchev–Trinajstić information content (AvgIpc) is 2.67. The van der Waals surface area contributed by atoms with E-state index in [2.05, 4.69) is 10.6 Å². The third-order valence-corrected chi connectivity index (χ3v) is 6.78. The molecular weight excluding hydrogens is 729 g/mol. The third-order valence-electron chi connectivity index (χ3n) is 3.54. The zero-order chi connectivity index (χ0) is 22.3. The van der Waals surface area contributed by atoms with Crippen LogP contribution in [0.15, 0.2) is 0 Å². The Morgan fingerprint density at radius 3 is 2.28 bits per heavy atom. The molecule has 0 fully saturated rings. The molecule has 5 N–H and O–H groups in total. The van der Waals surface area contributed by atoms with Crippen molar-refractivity contribution in [3.63, 3.8) is 0 Å². The minimum absolute atomic E-state index is 0.0435. The molecule has 0 aliphatic carbocycles. The van der Waals surface area contributed by atoms with E-state index >= 15 is 0 Å². The summed E-state index contributed by atoms with van der Waals surface area (Å²) < 4.78 is 5.80. The highest BCUT2D eigenvalue weighted by Crippen LogP contribution is 2.35. The van der Waals surface area contributed by atoms with E-state index < -0.39 is 43.0 Å². The molecule has 1 aromatic rings. The number of carboxylic acids is 1. The number of aliphatic hydroxyl groups excluding tert-OH is 2. The van der Waals surface area contributed by atoms with Crippen molar-refractivity contribution in [1.29, 1.82) is 0 Å². The lowest BCUT2D eigenvalue weighted by Gasteiger charge is -2.19. The van der Waals surface area contributed by atoms with Crippen LogP contribution in [0.4, 0.5) is 5.69 Å². The molecule has 0 heterocycles. The number of halogens is 3. The van der Waals surface area contributed by atoms with Crippen LogP contribution < -0.4 is 10.6 Å². The van der Waals surface area contributed by atoms with Crippen LogP contribution in [0, 0.1) is 10.7 Å². The first-order chi connectivity index (χ1) is 13.6. The van der Waals surface area contributed by atoms with E-state index in [-0.39, 0.29) is 26.9 Å². The lowest BCUT2D eigenvalue weighted by Crippen LogP contribution is -2.35. The van der Waals surface area contributed by atoms with Crippen LogP contribution in [0.25, 0.3) is 0 Å². The molecule has 0 aliphatic rings. The summed E-state index contributed by atoms with van der Waals surface area (Å²) in [6.45, 7) is -0.766. The fraction of sp³-hybridized carbons (Fsp3) is 0.375. The zero-order valence-corrected chi connectivity index (χ0v) is 21.3. The number of hydrogen-bond donors (Lipinski definition) is 5. The number of rotatable bonds is 10. The van der Waals surface area contributed by atoms with Gasteiger partial charge in [0.25, 0.3) is 11.8 Å². The first kappa shape index (κ1) is 26.4. The Morgan fingerprint density at radius 1 is 1.17 bits per heavy atom. The summed E-state index contributed by atoms with van der Waals surface area (Å²) in [5.74, 6) is -2.63. The van der Waals surface area contributed by atoms with Gasteiger partial charge in [0.2, 0.25) is 6.29 Å². The molecule has 0 saturated heterocycles. The van der Waals surface area contributed by atoms with Gasteiger partial charge in [-0.05, 0) is 67.8 Å². The zero-order valence-electron chi connectivity index (χ0n) is 14.8. The van der Waals surface area contributed by atoms with Gasteiger partial charge in [0, 0.05) is 17.2 Å². The highest BCUT2D eigenvalue weighted by molar-refractivity contribution is 14.1. The molecule has 1 rings (SSSR count). The van der Waals surface area contributed by atoms with E-state index in [9.17, 15) is 24.3 Å². The maximum Gasteiger partial charge on any atom is 0.306 e. The SMILES string of the molecule is COC(CC(=O)O)C(=O)Nc1c(I)c([C]=O)c(I)c(C(=O)NCC(O)CO)c1I. The third kappa shape index (κ3) is 6.94. The fourth-order valence-electron chi connectivity index (χ4n) is 2.07. The Labute approximate surface area is 206 Å². The van der Waals surface area contributed by atoms with Gasteiger partial charge in [0.05, 0.1) is 43.1 Å². The van der Waals surface area contributed by atoms with Crippen molar-refractivity contribution < 1.29 is 39.2 Å². The Balaban J connectivity index is 3.37. The summed E-state index contributed by atoms with van der Waals surface area (Å²) in [5, 5.41) is 32.1. The number of carbonyl (C=O) groups is 3. The number of amides is 2. The Hall–Kier alpha value is -0.630. The minimum Gasteiger partial charge on any atom is -0.481 e. The van der Waals surface area contributed by atoms with Gasteiger partial charge in [-0.25, -0.2) is 0 Å². The first-order valence-electron chi connectivity index (χ1n) is 7.80. The molecule has 2 atom stereocenters. The maximum absolute atomic E-state index is 12.6. The van der Waals surface area contributed by atoms with Crippen molar-refractivity contribution in [2.24, 2.45) is 0 Å². The van der Waals surface area contributed by atoms with Crippen LogP contribution in [0.5, 0.6) is 0 Å². The number of hydrogen-bond acceptors (Lipinski definition) is 7. The largest absolute Gasteiger partial charge is 0.481 e. The Kier molecular flexibility index (Phi) is 11.2. The average molecular weight is 745 g/mol. The number of aliphatic hydroxyl groups is 2. The van der Waals surface area contributed by atoms with E-state index in [4.69, 9.17) is 14.9 Å². The van der Waals surface area contributed by atoms with Gasteiger partial charge in [0.15, 0.2) is 0 Å². The maximum atomic E-state index is 12.6. The number of carbonyl (C=O) groups excluding carboxylic acids is 3. The van der Waals surface area contributed by atoms with Crippen molar-refractivity contribution in [3.05, 3.63) is 21.8 Å². The summed E-state index contributed by atoms with van der Waals surface area (Å²) in [7, 11) is 1.19. The van der Waals surface area contributed by atoms with Gasteiger partial charge in [-0.2, -0.15) is 0 Å². The Bertz CT molecular complexity index is 818. The molecule has 0 spiro atoms. The summed E-state index contributed by atoms with van der Waals surface area (Å²) in [6.07, 6.45) is -1.27. The Morgan fingerprint density at radius 2 is 1.79 bits per heavy atom. The summed E-state index contributed by atoms with van der Waals surface area (Å²) >= 11 is 5.43. The minimum atomic E-state index is -1.28. The van der Waals surface area contributed by atoms with Gasteiger partial charge in [-0.15, -0.1) is 0 Å². The normalized spacial score (nSPS) is 12.8. The van der Waals surface area contributed by atoms with Crippen molar-refractivity contribution in [2.45, 2.75) is 18.6 Å². The van der Waals surface area contributed by atoms with Crippen LogP contribution in [-0.4, -0.2) is 71.9 Å². The van der Waals surface area contributed by atoms with Crippen LogP contribution in [0.3, 0.4) is 0 Å². The molecule has 10 nitrogen and oxygen atoms in total. The van der Waals surface area contributed by atoms with Gasteiger partial charge in [0.1, 0.15) is 6.10 Å². The standard InChI is InChI=1S/C16H16I3N2O8/c1-29-8(2-9(25)26)15(27)21-14-12(18)7(5-23)11(17)10(13(14)19)16(28)20-3-6(24)4-22/h6,8,22,24H,2-4H2,1H3,(H,20,28)(H,21,27)(H,25,26). The molecule has 0 saturated carbocycles. The smallest absolute Gasteiger partial charge is 0.306 e. The molecule has 2 unspecified atom stereocenters. The number of aliphatic carboxylic acids is 1. The lowest BCUT2D eigenvalue weighted by molar-refractivity contribution is -0.143. The van der Waals surface area contributed by atoms with Crippen LogP contribution in [0.2, 0.25) is 0 Å². The number of methoxy groups -OCH3 is 1. The van der Waals surface area contributed by atoms with E-state index in [1.165, 1.54) is 7.11 Å². The molecule has 0 aliphatic heterocycles. The van der Waals surface area contributed by atoms with Crippen molar-refractivity contribution in [3.8, 4) is 0 Å². The van der Waals surface area contributed by atoms with Crippen LogP contribution in [0.1, 0.15) is 22.3 Å². The molecule has 1 aromatic carbocycles. The van der Waals surface area contributed by atoms with E-state index in [0.717, 1.165) is 0 Å². The molecule has 13 heteroatoms. The monoisotopic (exact) mass is 745 g/mol. The van der Waals surface area contributed by atoms with Gasteiger partial charge in [-0.3, -0.25) is 19.2 Å². The molecule has 159 valence electrons. The molecule has 1 radical (unpaired) electrons. The summed E-state index contributed by atoms with van der Waals surface area (Å²) in [6, 6.07) is 0. The highest BCUT2D eigenvalue weighted by Gasteiger charge is 2.28. The van der Waals surface area contributed by atoms with Crippen LogP contribution in [-0.2, 0) is 19.1 Å². The molecular formula is C16H16I3N2O8. The second-order valence-corrected chi connectivity index (χ2v) is 8.76. The number of carboxylic acid groups (broad SMARTS) is 1. The van der Waals surface area contributed by atoms with Crippen molar-refractivity contribution >= 4 is 97.5 Å². The second-order valence-electron chi connectivity index (χ2n) is 5.53. The van der Waals surface area contributed by atoms with E-state index in [0.29, 0.717) is 7.14 Å². The molecule has 29 heavy (non-hydrogen) atoms. The van der Waals surface area contributed by atoms with Crippen molar-refractivity contribution in [2.75, 3.05) is 25.6 Å². The second kappa shape index (κ2) is 12.3. The van der Waals surface area contributed by atoms with Gasteiger partial charge < -0.3 is 30.7 Å². The number of ether oxygens (including phenoxy) is 1. The number of nitrogens with one attached hydrogen (secondary N) is 2. The number of benzene rings is 1. The first-order valence-corrected chi connectivity index (χ1v) is 11.0. The number of anilines is 1. The fourth-order valence-corrected chi connectivity index (χ4v) is 6.22. The quantitative estimate of drug-likeness (QED) is 0.216. The van der Waals surface area contributed by atoms with Gasteiger partial charge >= 0.3 is 5.97 Å². The van der Waals surface area contributed by atoms with Crippen LogP contribution >= 0.6 is 67.8 Å². The molecule has 0 aromatic heterocycles. The summed E-state index contributed by atoms with van der Waals surface area (Å²) in [4.78, 5) is 47.4. The highest BCUT2D eigenvalue weighted by atomic mass is 127. The molecule has 0 bridgehead atoms. The predicted molar refractivity (Wildman–Crippen MR) is 126 cm³/mol. The molecule has 2 amide bonds.